The number of nitrogens with zero attached hydrogens (tertiary/aromatic N) is 4. The molecule has 1 amide bonds. The molecule has 5 rings (SSSR count). The van der Waals surface area contributed by atoms with Crippen molar-refractivity contribution >= 4 is 16.9 Å². The summed E-state index contributed by atoms with van der Waals surface area (Å²) in [6, 6.07) is 9.39. The topological polar surface area (TPSA) is 95.2 Å². The van der Waals surface area contributed by atoms with Crippen LogP contribution in [-0.4, -0.2) is 65.3 Å². The lowest BCUT2D eigenvalue weighted by Gasteiger charge is -2.22. The molecule has 0 radical (unpaired) electrons. The number of imidazole rings is 1. The average molecular weight is 529 g/mol. The molecule has 1 saturated heterocycles. The number of ether oxygens (including phenoxy) is 2. The molecule has 200 valence electrons. The zero-order valence-corrected chi connectivity index (χ0v) is 20.9. The first-order valence-electron chi connectivity index (χ1n) is 12.1. The SMILES string of the molecule is COc1cc(-n2cnc3cc(-c4cnn(C5CCNCC5)c4)ccc32)cc(OC)c1C(=O)NCC(F)(F)F. The highest BCUT2D eigenvalue weighted by molar-refractivity contribution is 6.00. The van der Waals surface area contributed by atoms with Crippen LogP contribution < -0.4 is 20.1 Å². The Morgan fingerprint density at radius 1 is 1.11 bits per heavy atom. The summed E-state index contributed by atoms with van der Waals surface area (Å²) in [6.45, 7) is 0.501. The van der Waals surface area contributed by atoms with Crippen LogP contribution in [0.5, 0.6) is 11.5 Å². The quantitative estimate of drug-likeness (QED) is 0.375. The van der Waals surface area contributed by atoms with Crippen LogP contribution in [0.1, 0.15) is 29.2 Å². The molecule has 38 heavy (non-hydrogen) atoms. The standard InChI is InChI=1S/C26H27F3N6O3/c1-37-22-10-19(11-23(38-2)24(22)25(36)31-14-26(27,28)29)34-15-32-20-9-16(3-4-21(20)34)17-12-33-35(13-17)18-5-7-30-8-6-18/h3-4,9-13,15,18,30H,5-8,14H2,1-2H3,(H,31,36). The highest BCUT2D eigenvalue weighted by Gasteiger charge is 2.30. The van der Waals surface area contributed by atoms with Gasteiger partial charge in [0.15, 0.2) is 0 Å². The lowest BCUT2D eigenvalue weighted by atomic mass is 10.1. The molecule has 2 aromatic heterocycles. The number of benzene rings is 2. The molecule has 12 heteroatoms. The molecule has 1 aliphatic rings. The molecule has 0 spiro atoms. The van der Waals surface area contributed by atoms with Crippen molar-refractivity contribution in [1.29, 1.82) is 0 Å². The van der Waals surface area contributed by atoms with E-state index in [0.29, 0.717) is 11.7 Å². The molecule has 0 saturated carbocycles. The van der Waals surface area contributed by atoms with Crippen LogP contribution in [0.15, 0.2) is 49.1 Å². The Kier molecular flexibility index (Phi) is 6.98. The van der Waals surface area contributed by atoms with Crippen LogP contribution in [0.4, 0.5) is 13.2 Å². The van der Waals surface area contributed by atoms with E-state index in [1.165, 1.54) is 14.2 Å². The zero-order chi connectivity index (χ0) is 26.9. The van der Waals surface area contributed by atoms with Gasteiger partial charge >= 0.3 is 6.18 Å². The van der Waals surface area contributed by atoms with E-state index in [4.69, 9.17) is 9.47 Å². The van der Waals surface area contributed by atoms with E-state index in [1.807, 2.05) is 34.4 Å². The minimum Gasteiger partial charge on any atom is -0.496 e. The Bertz CT molecular complexity index is 1430. The van der Waals surface area contributed by atoms with E-state index >= 15 is 0 Å². The average Bonchev–Trinajstić information content (AvgIpc) is 3.58. The number of alkyl halides is 3. The number of carbonyl (C=O) groups excluding carboxylic acids is 1. The molecule has 9 nitrogen and oxygen atoms in total. The summed E-state index contributed by atoms with van der Waals surface area (Å²) < 4.78 is 52.4. The molecule has 0 bridgehead atoms. The van der Waals surface area contributed by atoms with Gasteiger partial charge in [0.05, 0.1) is 43.2 Å². The van der Waals surface area contributed by atoms with Gasteiger partial charge in [-0.1, -0.05) is 6.07 Å². The van der Waals surface area contributed by atoms with Crippen LogP contribution in [0.2, 0.25) is 0 Å². The number of hydrogen-bond acceptors (Lipinski definition) is 6. The smallest absolute Gasteiger partial charge is 0.405 e. The van der Waals surface area contributed by atoms with Gasteiger partial charge in [0, 0.05) is 23.9 Å². The van der Waals surface area contributed by atoms with E-state index in [-0.39, 0.29) is 17.1 Å². The summed E-state index contributed by atoms with van der Waals surface area (Å²) in [5, 5.41) is 9.80. The number of amides is 1. The molecule has 1 aliphatic heterocycles. The normalized spacial score (nSPS) is 14.6. The van der Waals surface area contributed by atoms with E-state index in [9.17, 15) is 18.0 Å². The monoisotopic (exact) mass is 528 g/mol. The maximum Gasteiger partial charge on any atom is 0.405 e. The number of aromatic nitrogens is 4. The molecular formula is C26H27F3N6O3. The molecule has 0 aliphatic carbocycles. The molecular weight excluding hydrogens is 501 g/mol. The van der Waals surface area contributed by atoms with Gasteiger partial charge < -0.3 is 20.1 Å². The fourth-order valence-corrected chi connectivity index (χ4v) is 4.69. The maximum atomic E-state index is 12.6. The molecule has 3 heterocycles. The fraction of sp³-hybridized carbons (Fsp3) is 0.346. The summed E-state index contributed by atoms with van der Waals surface area (Å²) in [5.74, 6) is -0.807. The maximum absolute atomic E-state index is 12.6. The molecule has 0 atom stereocenters. The number of rotatable bonds is 7. The Labute approximate surface area is 216 Å². The van der Waals surface area contributed by atoms with Crippen molar-refractivity contribution in [3.8, 4) is 28.3 Å². The van der Waals surface area contributed by atoms with Crippen molar-refractivity contribution < 1.29 is 27.4 Å². The molecule has 2 N–H and O–H groups in total. The number of piperidine rings is 1. The molecule has 2 aromatic carbocycles. The minimum atomic E-state index is -4.54. The summed E-state index contributed by atoms with van der Waals surface area (Å²) in [5.41, 5.74) is 3.95. The first-order valence-corrected chi connectivity index (χ1v) is 12.1. The van der Waals surface area contributed by atoms with Gasteiger partial charge in [0.2, 0.25) is 0 Å². The van der Waals surface area contributed by atoms with Crippen LogP contribution in [-0.2, 0) is 0 Å². The summed E-state index contributed by atoms with van der Waals surface area (Å²) in [7, 11) is 2.67. The zero-order valence-electron chi connectivity index (χ0n) is 20.9. The Morgan fingerprint density at radius 3 is 2.47 bits per heavy atom. The van der Waals surface area contributed by atoms with Crippen molar-refractivity contribution in [2.45, 2.75) is 25.1 Å². The van der Waals surface area contributed by atoms with Crippen LogP contribution in [0, 0.1) is 0 Å². The number of carbonyl (C=O) groups is 1. The van der Waals surface area contributed by atoms with Crippen molar-refractivity contribution in [3.63, 3.8) is 0 Å². The van der Waals surface area contributed by atoms with Crippen molar-refractivity contribution in [2.75, 3.05) is 33.9 Å². The summed E-state index contributed by atoms with van der Waals surface area (Å²) >= 11 is 0. The Balaban J connectivity index is 1.45. The first kappa shape index (κ1) is 25.6. The van der Waals surface area contributed by atoms with Gasteiger partial charge in [-0.05, 0) is 43.6 Å². The van der Waals surface area contributed by atoms with E-state index in [0.717, 1.165) is 48.1 Å². The lowest BCUT2D eigenvalue weighted by molar-refractivity contribution is -0.123. The summed E-state index contributed by atoms with van der Waals surface area (Å²) in [4.78, 5) is 17.1. The van der Waals surface area contributed by atoms with E-state index in [2.05, 4.69) is 21.6 Å². The number of fused-ring (bicyclic) bond motifs is 1. The Morgan fingerprint density at radius 2 is 1.82 bits per heavy atom. The fourth-order valence-electron chi connectivity index (χ4n) is 4.69. The van der Waals surface area contributed by atoms with Crippen molar-refractivity contribution in [1.82, 2.24) is 30.0 Å². The van der Waals surface area contributed by atoms with Gasteiger partial charge in [-0.3, -0.25) is 14.0 Å². The van der Waals surface area contributed by atoms with Gasteiger partial charge in [-0.15, -0.1) is 0 Å². The van der Waals surface area contributed by atoms with Crippen molar-refractivity contribution in [2.24, 2.45) is 0 Å². The van der Waals surface area contributed by atoms with Crippen molar-refractivity contribution in [3.05, 3.63) is 54.6 Å². The second kappa shape index (κ2) is 10.4. The minimum absolute atomic E-state index is 0.0721. The van der Waals surface area contributed by atoms with Gasteiger partial charge in [-0.25, -0.2) is 4.98 Å². The summed E-state index contributed by atoms with van der Waals surface area (Å²) in [6.07, 6.45) is 3.09. The van der Waals surface area contributed by atoms with E-state index in [1.54, 1.807) is 23.0 Å². The van der Waals surface area contributed by atoms with Gasteiger partial charge in [0.1, 0.15) is 29.9 Å². The number of halogens is 3. The van der Waals surface area contributed by atoms with Crippen LogP contribution in [0.3, 0.4) is 0 Å². The van der Waals surface area contributed by atoms with Gasteiger partial charge in [-0.2, -0.15) is 18.3 Å². The van der Waals surface area contributed by atoms with E-state index < -0.39 is 18.6 Å². The second-order valence-corrected chi connectivity index (χ2v) is 9.03. The molecule has 1 fully saturated rings. The highest BCUT2D eigenvalue weighted by atomic mass is 19.4. The largest absolute Gasteiger partial charge is 0.496 e. The Hall–Kier alpha value is -4.06. The third-order valence-electron chi connectivity index (χ3n) is 6.61. The second-order valence-electron chi connectivity index (χ2n) is 9.03. The van der Waals surface area contributed by atoms with Crippen LogP contribution in [0.25, 0.3) is 27.8 Å². The third-order valence-corrected chi connectivity index (χ3v) is 6.61. The molecule has 0 unspecified atom stereocenters. The predicted molar refractivity (Wildman–Crippen MR) is 135 cm³/mol. The number of nitrogens with one attached hydrogen (secondary N) is 2. The van der Waals surface area contributed by atoms with Crippen LogP contribution >= 0.6 is 0 Å². The highest BCUT2D eigenvalue weighted by Crippen LogP contribution is 2.34. The third kappa shape index (κ3) is 5.17. The van der Waals surface area contributed by atoms with Gasteiger partial charge in [0.25, 0.3) is 5.91 Å². The number of methoxy groups -OCH3 is 2. The predicted octanol–water partition coefficient (Wildman–Crippen LogP) is 4.12. The molecule has 4 aromatic rings. The first-order chi connectivity index (χ1) is 18.3. The lowest BCUT2D eigenvalue weighted by Crippen LogP contribution is -2.34. The number of hydrogen-bond donors (Lipinski definition) is 2.